The van der Waals surface area contributed by atoms with E-state index in [1.807, 2.05) is 0 Å². The Balaban J connectivity index is 2.45. The molecule has 0 aliphatic heterocycles. The Labute approximate surface area is 114 Å². The van der Waals surface area contributed by atoms with E-state index in [1.54, 1.807) is 24.3 Å². The molecule has 0 saturated carbocycles. The first kappa shape index (κ1) is 14.1. The average Bonchev–Trinajstić information content (AvgIpc) is 2.38. The number of nitrogens with zero attached hydrogens (tertiary/aromatic N) is 2. The molecule has 7 heteroatoms. The Hall–Kier alpha value is -2.28. The standard InChI is InChI=1S/C13H13F2N3O2/c1-19-7-8-6-11(16)18-12(17-8)9-4-2-3-5-10(9)20-13(14)15/h2-6,13H,7H2,1H3,(H2,16,17,18). The summed E-state index contributed by atoms with van der Waals surface area (Å²) < 4.78 is 34.2. The molecule has 0 aliphatic rings. The molecule has 2 rings (SSSR count). The number of para-hydroxylation sites is 1. The monoisotopic (exact) mass is 281 g/mol. The molecule has 0 unspecified atom stereocenters. The average molecular weight is 281 g/mol. The zero-order valence-corrected chi connectivity index (χ0v) is 10.7. The number of anilines is 1. The fourth-order valence-electron chi connectivity index (χ4n) is 1.71. The molecule has 1 heterocycles. The molecule has 0 aliphatic carbocycles. The van der Waals surface area contributed by atoms with Crippen molar-refractivity contribution in [3.8, 4) is 17.1 Å². The molecular weight excluding hydrogens is 268 g/mol. The first-order valence-electron chi connectivity index (χ1n) is 5.76. The van der Waals surface area contributed by atoms with Crippen LogP contribution in [0.2, 0.25) is 0 Å². The molecule has 0 radical (unpaired) electrons. The Kier molecular flexibility index (Phi) is 4.41. The van der Waals surface area contributed by atoms with Crippen LogP contribution in [-0.2, 0) is 11.3 Å². The Morgan fingerprint density at radius 2 is 2.00 bits per heavy atom. The summed E-state index contributed by atoms with van der Waals surface area (Å²) in [5.74, 6) is 0.443. The number of ether oxygens (including phenoxy) is 2. The van der Waals surface area contributed by atoms with Gasteiger partial charge in [0.15, 0.2) is 5.82 Å². The number of halogens is 2. The second-order valence-corrected chi connectivity index (χ2v) is 3.92. The van der Waals surface area contributed by atoms with Crippen molar-refractivity contribution in [1.29, 1.82) is 0 Å². The molecule has 0 fully saturated rings. The normalized spacial score (nSPS) is 10.8. The van der Waals surface area contributed by atoms with Crippen LogP contribution in [0.3, 0.4) is 0 Å². The van der Waals surface area contributed by atoms with Gasteiger partial charge < -0.3 is 15.2 Å². The highest BCUT2D eigenvalue weighted by Crippen LogP contribution is 2.29. The van der Waals surface area contributed by atoms with Crippen LogP contribution < -0.4 is 10.5 Å². The number of methoxy groups -OCH3 is 1. The van der Waals surface area contributed by atoms with E-state index in [1.165, 1.54) is 13.2 Å². The molecule has 0 bridgehead atoms. The van der Waals surface area contributed by atoms with Gasteiger partial charge >= 0.3 is 6.61 Å². The van der Waals surface area contributed by atoms with E-state index in [4.69, 9.17) is 10.5 Å². The van der Waals surface area contributed by atoms with Crippen LogP contribution in [0, 0.1) is 0 Å². The highest BCUT2D eigenvalue weighted by atomic mass is 19.3. The SMILES string of the molecule is COCc1cc(N)nc(-c2ccccc2OC(F)F)n1. The van der Waals surface area contributed by atoms with Crippen LogP contribution in [0.25, 0.3) is 11.4 Å². The van der Waals surface area contributed by atoms with Crippen molar-refractivity contribution >= 4 is 5.82 Å². The topological polar surface area (TPSA) is 70.3 Å². The first-order chi connectivity index (χ1) is 9.60. The largest absolute Gasteiger partial charge is 0.434 e. The van der Waals surface area contributed by atoms with Gasteiger partial charge in [-0.3, -0.25) is 0 Å². The second-order valence-electron chi connectivity index (χ2n) is 3.92. The smallest absolute Gasteiger partial charge is 0.387 e. The highest BCUT2D eigenvalue weighted by molar-refractivity contribution is 5.65. The molecule has 1 aromatic heterocycles. The van der Waals surface area contributed by atoms with Gasteiger partial charge in [0.2, 0.25) is 0 Å². The Bertz CT molecular complexity index is 594. The van der Waals surface area contributed by atoms with Crippen LogP contribution in [0.4, 0.5) is 14.6 Å². The van der Waals surface area contributed by atoms with E-state index < -0.39 is 6.61 Å². The summed E-state index contributed by atoms with van der Waals surface area (Å²) in [6.07, 6.45) is 0. The van der Waals surface area contributed by atoms with Crippen LogP contribution in [-0.4, -0.2) is 23.7 Å². The van der Waals surface area contributed by atoms with E-state index in [0.29, 0.717) is 11.3 Å². The summed E-state index contributed by atoms with van der Waals surface area (Å²) in [6.45, 7) is -2.67. The number of hydrogen-bond donors (Lipinski definition) is 1. The van der Waals surface area contributed by atoms with Crippen molar-refractivity contribution in [3.63, 3.8) is 0 Å². The Morgan fingerprint density at radius 3 is 2.70 bits per heavy atom. The molecular formula is C13H13F2N3O2. The maximum Gasteiger partial charge on any atom is 0.387 e. The molecule has 0 spiro atoms. The van der Waals surface area contributed by atoms with E-state index in [2.05, 4.69) is 14.7 Å². The van der Waals surface area contributed by atoms with E-state index in [0.717, 1.165) is 0 Å². The van der Waals surface area contributed by atoms with Crippen molar-refractivity contribution in [2.75, 3.05) is 12.8 Å². The summed E-state index contributed by atoms with van der Waals surface area (Å²) in [4.78, 5) is 8.26. The maximum absolute atomic E-state index is 12.4. The zero-order chi connectivity index (χ0) is 14.5. The first-order valence-corrected chi connectivity index (χ1v) is 5.76. The minimum absolute atomic E-state index is 0.00327. The molecule has 0 saturated heterocycles. The minimum atomic E-state index is -2.92. The summed E-state index contributed by atoms with van der Waals surface area (Å²) in [5.41, 5.74) is 6.58. The van der Waals surface area contributed by atoms with Crippen molar-refractivity contribution in [3.05, 3.63) is 36.0 Å². The van der Waals surface area contributed by atoms with Crippen molar-refractivity contribution in [2.24, 2.45) is 0 Å². The maximum atomic E-state index is 12.4. The quantitative estimate of drug-likeness (QED) is 0.911. The molecule has 2 N–H and O–H groups in total. The Morgan fingerprint density at radius 1 is 1.25 bits per heavy atom. The fourth-order valence-corrected chi connectivity index (χ4v) is 1.71. The van der Waals surface area contributed by atoms with E-state index in [9.17, 15) is 8.78 Å². The number of nitrogen functional groups attached to an aromatic ring is 1. The molecule has 2 aromatic rings. The summed E-state index contributed by atoms with van der Waals surface area (Å²) in [7, 11) is 1.52. The number of benzene rings is 1. The lowest BCUT2D eigenvalue weighted by molar-refractivity contribution is -0.0494. The third-order valence-electron chi connectivity index (χ3n) is 2.44. The van der Waals surface area contributed by atoms with Gasteiger partial charge in [-0.2, -0.15) is 8.78 Å². The number of aromatic nitrogens is 2. The number of hydrogen-bond acceptors (Lipinski definition) is 5. The summed E-state index contributed by atoms with van der Waals surface area (Å²) >= 11 is 0. The molecule has 5 nitrogen and oxygen atoms in total. The molecule has 0 atom stereocenters. The summed E-state index contributed by atoms with van der Waals surface area (Å²) in [5, 5.41) is 0. The van der Waals surface area contributed by atoms with Gasteiger partial charge in [-0.05, 0) is 12.1 Å². The zero-order valence-electron chi connectivity index (χ0n) is 10.7. The van der Waals surface area contributed by atoms with Gasteiger partial charge in [0.1, 0.15) is 11.6 Å². The van der Waals surface area contributed by atoms with Crippen molar-refractivity contribution in [1.82, 2.24) is 9.97 Å². The predicted octanol–water partition coefficient (Wildman–Crippen LogP) is 2.47. The van der Waals surface area contributed by atoms with Crippen LogP contribution >= 0.6 is 0 Å². The lowest BCUT2D eigenvalue weighted by Gasteiger charge is -2.10. The molecule has 1 aromatic carbocycles. The third-order valence-corrected chi connectivity index (χ3v) is 2.44. The van der Waals surface area contributed by atoms with Gasteiger partial charge in [-0.25, -0.2) is 9.97 Å². The van der Waals surface area contributed by atoms with E-state index in [-0.39, 0.29) is 24.0 Å². The second kappa shape index (κ2) is 6.25. The predicted molar refractivity (Wildman–Crippen MR) is 69.2 cm³/mol. The molecule has 106 valence electrons. The third kappa shape index (κ3) is 3.39. The van der Waals surface area contributed by atoms with Crippen LogP contribution in [0.1, 0.15) is 5.69 Å². The van der Waals surface area contributed by atoms with Gasteiger partial charge in [0, 0.05) is 13.2 Å². The van der Waals surface area contributed by atoms with Crippen molar-refractivity contribution in [2.45, 2.75) is 13.2 Å². The van der Waals surface area contributed by atoms with Gasteiger partial charge in [-0.1, -0.05) is 12.1 Å². The number of rotatable bonds is 5. The minimum Gasteiger partial charge on any atom is -0.434 e. The van der Waals surface area contributed by atoms with Crippen LogP contribution in [0.5, 0.6) is 5.75 Å². The van der Waals surface area contributed by atoms with Gasteiger partial charge in [0.25, 0.3) is 0 Å². The van der Waals surface area contributed by atoms with Gasteiger partial charge in [0.05, 0.1) is 17.9 Å². The van der Waals surface area contributed by atoms with Crippen molar-refractivity contribution < 1.29 is 18.3 Å². The fraction of sp³-hybridized carbons (Fsp3) is 0.231. The molecule has 20 heavy (non-hydrogen) atoms. The lowest BCUT2D eigenvalue weighted by Crippen LogP contribution is -2.05. The molecule has 0 amide bonds. The van der Waals surface area contributed by atoms with E-state index >= 15 is 0 Å². The highest BCUT2D eigenvalue weighted by Gasteiger charge is 2.14. The number of nitrogens with two attached hydrogens (primary N) is 1. The lowest BCUT2D eigenvalue weighted by atomic mass is 10.2. The number of alkyl halides is 2. The van der Waals surface area contributed by atoms with Crippen LogP contribution in [0.15, 0.2) is 30.3 Å². The van der Waals surface area contributed by atoms with Gasteiger partial charge in [-0.15, -0.1) is 0 Å². The summed E-state index contributed by atoms with van der Waals surface area (Å²) in [6, 6.07) is 7.83.